The Balaban J connectivity index is 1.80. The summed E-state index contributed by atoms with van der Waals surface area (Å²) >= 11 is 10.8. The van der Waals surface area contributed by atoms with Gasteiger partial charge in [0.1, 0.15) is 5.82 Å². The second-order valence-electron chi connectivity index (χ2n) is 10.3. The maximum absolute atomic E-state index is 13.6. The third kappa shape index (κ3) is 6.05. The minimum atomic E-state index is -0.176. The highest BCUT2D eigenvalue weighted by atomic mass is 79.9. The second-order valence-corrected chi connectivity index (χ2v) is 12.8. The van der Waals surface area contributed by atoms with Crippen molar-refractivity contribution < 1.29 is 9.47 Å². The summed E-state index contributed by atoms with van der Waals surface area (Å²) in [5, 5.41) is 5.21. The molecule has 0 unspecified atom stereocenters. The Morgan fingerprint density at radius 1 is 1.11 bits per heavy atom. The van der Waals surface area contributed by atoms with Gasteiger partial charge in [-0.3, -0.25) is 4.79 Å². The zero-order valence-electron chi connectivity index (χ0n) is 20.9. The van der Waals surface area contributed by atoms with Crippen molar-refractivity contribution >= 4 is 64.9 Å². The van der Waals surface area contributed by atoms with Gasteiger partial charge in [0.05, 0.1) is 35.3 Å². The van der Waals surface area contributed by atoms with Crippen LogP contribution in [0.2, 0.25) is 0 Å². The van der Waals surface area contributed by atoms with Crippen molar-refractivity contribution in [3.8, 4) is 11.5 Å². The lowest BCUT2D eigenvalue weighted by molar-refractivity contribution is 0.190. The van der Waals surface area contributed by atoms with E-state index in [0.29, 0.717) is 29.0 Å². The number of rotatable bonds is 6. The van der Waals surface area contributed by atoms with Crippen molar-refractivity contribution in [2.45, 2.75) is 58.8 Å². The van der Waals surface area contributed by atoms with Gasteiger partial charge in [-0.25, -0.2) is 4.98 Å². The molecule has 0 atom stereocenters. The van der Waals surface area contributed by atoms with Crippen LogP contribution in [0.1, 0.15) is 70.2 Å². The lowest BCUT2D eigenvalue weighted by Gasteiger charge is -2.23. The van der Waals surface area contributed by atoms with Crippen molar-refractivity contribution in [1.82, 2.24) is 9.66 Å². The lowest BCUT2D eigenvalue weighted by Crippen LogP contribution is -2.25. The number of halogens is 3. The minimum Gasteiger partial charge on any atom is -0.493 e. The van der Waals surface area contributed by atoms with Gasteiger partial charge in [0.25, 0.3) is 5.56 Å². The average molecular weight is 684 g/mol. The number of ether oxygens (including phenoxy) is 2. The van der Waals surface area contributed by atoms with E-state index in [9.17, 15) is 4.79 Å². The first-order valence-corrected chi connectivity index (χ1v) is 14.4. The molecule has 1 fully saturated rings. The van der Waals surface area contributed by atoms with E-state index in [-0.39, 0.29) is 16.9 Å². The summed E-state index contributed by atoms with van der Waals surface area (Å²) in [7, 11) is 1.61. The van der Waals surface area contributed by atoms with Gasteiger partial charge in [-0.2, -0.15) is 9.78 Å². The highest BCUT2D eigenvalue weighted by Crippen LogP contribution is 2.43. The molecule has 192 valence electrons. The van der Waals surface area contributed by atoms with Gasteiger partial charge in [-0.15, -0.1) is 0 Å². The van der Waals surface area contributed by atoms with E-state index in [1.807, 2.05) is 18.2 Å². The van der Waals surface area contributed by atoms with E-state index < -0.39 is 0 Å². The molecule has 2 aromatic carbocycles. The number of nitrogens with zero attached hydrogens (tertiary/aromatic N) is 3. The van der Waals surface area contributed by atoms with Crippen LogP contribution in [0, 0.1) is 5.41 Å². The summed E-state index contributed by atoms with van der Waals surface area (Å²) in [4.78, 5) is 18.5. The first-order chi connectivity index (χ1) is 17.1. The van der Waals surface area contributed by atoms with E-state index in [2.05, 4.69) is 73.7 Å². The number of hydrogen-bond acceptors (Lipinski definition) is 5. The Morgan fingerprint density at radius 2 is 1.83 bits per heavy atom. The predicted molar refractivity (Wildman–Crippen MR) is 156 cm³/mol. The summed E-state index contributed by atoms with van der Waals surface area (Å²) in [6, 6.07) is 7.46. The summed E-state index contributed by atoms with van der Waals surface area (Å²) in [5.41, 5.74) is 1.26. The van der Waals surface area contributed by atoms with Gasteiger partial charge >= 0.3 is 0 Å². The highest BCUT2D eigenvalue weighted by molar-refractivity contribution is 9.13. The van der Waals surface area contributed by atoms with Crippen LogP contribution in [-0.2, 0) is 0 Å². The molecule has 1 aliphatic carbocycles. The van der Waals surface area contributed by atoms with Crippen molar-refractivity contribution in [2.75, 3.05) is 13.7 Å². The zero-order valence-corrected chi connectivity index (χ0v) is 25.7. The first kappa shape index (κ1) is 27.3. The Labute approximate surface area is 236 Å². The third-order valence-electron chi connectivity index (χ3n) is 6.14. The molecular formula is C27H30Br3N3O3. The molecule has 0 amide bonds. The average Bonchev–Trinajstić information content (AvgIpc) is 2.85. The molecule has 9 heteroatoms. The number of benzene rings is 2. The molecule has 0 spiro atoms. The summed E-state index contributed by atoms with van der Waals surface area (Å²) in [6.07, 6.45) is 7.17. The largest absolute Gasteiger partial charge is 0.493 e. The maximum atomic E-state index is 13.6. The van der Waals surface area contributed by atoms with Crippen LogP contribution in [0.15, 0.2) is 47.6 Å². The molecule has 1 saturated carbocycles. The molecule has 3 aromatic rings. The molecule has 4 rings (SSSR count). The van der Waals surface area contributed by atoms with Crippen molar-refractivity contribution in [1.29, 1.82) is 0 Å². The van der Waals surface area contributed by atoms with Crippen LogP contribution < -0.4 is 15.0 Å². The number of fused-ring (bicyclic) bond motifs is 1. The van der Waals surface area contributed by atoms with E-state index in [4.69, 9.17) is 14.5 Å². The Morgan fingerprint density at radius 3 is 2.50 bits per heavy atom. The van der Waals surface area contributed by atoms with Gasteiger partial charge in [0.15, 0.2) is 11.5 Å². The number of hydrogen-bond donors (Lipinski definition) is 0. The smallest absolute Gasteiger partial charge is 0.282 e. The molecule has 0 aliphatic heterocycles. The Bertz CT molecular complexity index is 1360. The molecule has 0 N–H and O–H groups in total. The molecule has 6 nitrogen and oxygen atoms in total. The quantitative estimate of drug-likeness (QED) is 0.247. The molecule has 1 aliphatic rings. The van der Waals surface area contributed by atoms with Crippen LogP contribution in [0.3, 0.4) is 0 Å². The highest BCUT2D eigenvalue weighted by Gasteiger charge is 2.23. The maximum Gasteiger partial charge on any atom is 0.282 e. The molecule has 0 radical (unpaired) electrons. The van der Waals surface area contributed by atoms with E-state index in [0.717, 1.165) is 50.5 Å². The van der Waals surface area contributed by atoms with Crippen LogP contribution >= 0.6 is 47.8 Å². The van der Waals surface area contributed by atoms with Gasteiger partial charge in [0.2, 0.25) is 0 Å². The molecule has 36 heavy (non-hydrogen) atoms. The summed E-state index contributed by atoms with van der Waals surface area (Å²) < 4.78 is 15.5. The van der Waals surface area contributed by atoms with Crippen LogP contribution in [0.4, 0.5) is 0 Å². The fourth-order valence-electron chi connectivity index (χ4n) is 4.30. The van der Waals surface area contributed by atoms with E-state index in [1.54, 1.807) is 19.4 Å². The van der Waals surface area contributed by atoms with Crippen LogP contribution in [-0.4, -0.2) is 29.6 Å². The van der Waals surface area contributed by atoms with Gasteiger partial charge in [-0.1, -0.05) is 56.0 Å². The number of aromatic nitrogens is 2. The fraction of sp³-hybridized carbons (Fsp3) is 0.444. The summed E-state index contributed by atoms with van der Waals surface area (Å²) in [5.74, 6) is 2.12. The van der Waals surface area contributed by atoms with Crippen molar-refractivity contribution in [3.05, 3.63) is 59.4 Å². The van der Waals surface area contributed by atoms with Gasteiger partial charge in [-0.05, 0) is 74.4 Å². The Kier molecular flexibility index (Phi) is 8.62. The van der Waals surface area contributed by atoms with E-state index in [1.165, 1.54) is 11.1 Å². The fourth-order valence-corrected chi connectivity index (χ4v) is 5.59. The van der Waals surface area contributed by atoms with Crippen molar-refractivity contribution in [2.24, 2.45) is 10.5 Å². The summed E-state index contributed by atoms with van der Waals surface area (Å²) in [6.45, 7) is 6.87. The standard InChI is InChI=1S/C27H30Br3N3O3/c1-27(2,3)15-36-24-21(35-4)12-17(22(29)23(24)30)14-31-33-25(16-8-6-5-7-9-16)32-20-11-10-18(28)13-19(20)26(33)34/h10-14,16H,5-9,15H2,1-4H3. The minimum absolute atomic E-state index is 0.00811. The number of methoxy groups -OCH3 is 1. The zero-order chi connectivity index (χ0) is 26.0. The molecule has 1 aromatic heterocycles. The third-order valence-corrected chi connectivity index (χ3v) is 8.78. The Hall–Kier alpha value is -1.71. The first-order valence-electron chi connectivity index (χ1n) is 12.0. The molecule has 0 bridgehead atoms. The van der Waals surface area contributed by atoms with Gasteiger partial charge in [0, 0.05) is 20.4 Å². The second kappa shape index (κ2) is 11.4. The normalized spacial score (nSPS) is 15.1. The molecule has 0 saturated heterocycles. The monoisotopic (exact) mass is 681 g/mol. The predicted octanol–water partition coefficient (Wildman–Crippen LogP) is 8.05. The van der Waals surface area contributed by atoms with Crippen LogP contribution in [0.25, 0.3) is 10.9 Å². The van der Waals surface area contributed by atoms with Gasteiger partial charge < -0.3 is 9.47 Å². The topological polar surface area (TPSA) is 65.7 Å². The van der Waals surface area contributed by atoms with Crippen LogP contribution in [0.5, 0.6) is 11.5 Å². The SMILES string of the molecule is COc1cc(C=Nn2c(C3CCCCC3)nc3ccc(Br)cc3c2=O)c(Br)c(Br)c1OCC(C)(C)C. The van der Waals surface area contributed by atoms with E-state index >= 15 is 0 Å². The lowest BCUT2D eigenvalue weighted by atomic mass is 9.88. The molecular weight excluding hydrogens is 654 g/mol. The molecule has 1 heterocycles. The van der Waals surface area contributed by atoms with Crippen molar-refractivity contribution in [3.63, 3.8) is 0 Å².